The Hall–Kier alpha value is -2.73. The smallest absolute Gasteiger partial charge is 0.255 e. The molecule has 2 rings (SSSR count). The van der Waals surface area contributed by atoms with Crippen molar-refractivity contribution in [1.29, 1.82) is 0 Å². The van der Waals surface area contributed by atoms with E-state index in [0.717, 1.165) is 5.56 Å². The van der Waals surface area contributed by atoms with Crippen molar-refractivity contribution in [2.45, 2.75) is 0 Å². The van der Waals surface area contributed by atoms with Gasteiger partial charge in [-0.05, 0) is 42.5 Å². The van der Waals surface area contributed by atoms with E-state index in [1.165, 1.54) is 0 Å². The number of amides is 1. The molecule has 1 N–H and O–H groups in total. The summed E-state index contributed by atoms with van der Waals surface area (Å²) in [5.74, 6) is 3.06. The summed E-state index contributed by atoms with van der Waals surface area (Å²) in [6.45, 7) is 0. The van der Waals surface area contributed by atoms with Crippen molar-refractivity contribution in [2.24, 2.45) is 0 Å². The van der Waals surface area contributed by atoms with E-state index in [1.54, 1.807) is 49.6 Å². The number of anilines is 1. The van der Waals surface area contributed by atoms with Crippen LogP contribution in [0.5, 0.6) is 5.75 Å². The van der Waals surface area contributed by atoms with Crippen LogP contribution in [0.4, 0.5) is 5.69 Å². The van der Waals surface area contributed by atoms with Crippen LogP contribution in [0, 0.1) is 12.3 Å². The number of methoxy groups -OCH3 is 1. The van der Waals surface area contributed by atoms with Gasteiger partial charge in [-0.3, -0.25) is 4.79 Å². The van der Waals surface area contributed by atoms with Crippen LogP contribution in [-0.4, -0.2) is 13.0 Å². The van der Waals surface area contributed by atoms with Gasteiger partial charge in [-0.1, -0.05) is 12.0 Å². The number of hydrogen-bond donors (Lipinski definition) is 1. The Morgan fingerprint density at radius 3 is 2.58 bits per heavy atom. The van der Waals surface area contributed by atoms with E-state index in [2.05, 4.69) is 11.2 Å². The SMILES string of the molecule is C#Cc1cccc(NC(=O)c2ccc(OC)cc2)c1. The molecule has 0 saturated heterocycles. The van der Waals surface area contributed by atoms with Crippen LogP contribution in [0.25, 0.3) is 0 Å². The van der Waals surface area contributed by atoms with Crippen molar-refractivity contribution in [3.8, 4) is 18.1 Å². The Kier molecular flexibility index (Phi) is 3.84. The molecule has 0 spiro atoms. The maximum Gasteiger partial charge on any atom is 0.255 e. The van der Waals surface area contributed by atoms with Crippen molar-refractivity contribution < 1.29 is 9.53 Å². The van der Waals surface area contributed by atoms with Crippen LogP contribution in [0.1, 0.15) is 15.9 Å². The standard InChI is InChI=1S/C16H13NO2/c1-3-12-5-4-6-14(11-12)17-16(18)13-7-9-15(19-2)10-8-13/h1,4-11H,2H3,(H,17,18). The highest BCUT2D eigenvalue weighted by Gasteiger charge is 2.06. The molecule has 1 amide bonds. The normalized spacial score (nSPS) is 9.47. The van der Waals surface area contributed by atoms with Crippen molar-refractivity contribution in [2.75, 3.05) is 12.4 Å². The first kappa shape index (κ1) is 12.7. The second-order valence-electron chi connectivity index (χ2n) is 3.91. The molecular formula is C16H13NO2. The minimum absolute atomic E-state index is 0.183. The van der Waals surface area contributed by atoms with E-state index >= 15 is 0 Å². The Morgan fingerprint density at radius 2 is 1.95 bits per heavy atom. The number of ether oxygens (including phenoxy) is 1. The third-order valence-corrected chi connectivity index (χ3v) is 2.64. The maximum absolute atomic E-state index is 12.0. The summed E-state index contributed by atoms with van der Waals surface area (Å²) in [4.78, 5) is 12.0. The van der Waals surface area contributed by atoms with E-state index in [1.807, 2.05) is 6.07 Å². The second-order valence-corrected chi connectivity index (χ2v) is 3.91. The van der Waals surface area contributed by atoms with Crippen LogP contribution in [0.3, 0.4) is 0 Å². The van der Waals surface area contributed by atoms with Crippen LogP contribution < -0.4 is 10.1 Å². The van der Waals surface area contributed by atoms with Gasteiger partial charge in [0.1, 0.15) is 5.75 Å². The van der Waals surface area contributed by atoms with Gasteiger partial charge in [-0.15, -0.1) is 6.42 Å². The summed E-state index contributed by atoms with van der Waals surface area (Å²) in [5.41, 5.74) is 1.97. The third-order valence-electron chi connectivity index (χ3n) is 2.64. The molecular weight excluding hydrogens is 238 g/mol. The predicted molar refractivity (Wildman–Crippen MR) is 75.3 cm³/mol. The first-order chi connectivity index (χ1) is 9.22. The lowest BCUT2D eigenvalue weighted by Gasteiger charge is -2.06. The van der Waals surface area contributed by atoms with Gasteiger partial charge < -0.3 is 10.1 Å². The fourth-order valence-corrected chi connectivity index (χ4v) is 1.63. The van der Waals surface area contributed by atoms with Gasteiger partial charge in [0.05, 0.1) is 7.11 Å². The minimum atomic E-state index is -0.183. The van der Waals surface area contributed by atoms with E-state index in [4.69, 9.17) is 11.2 Å². The Labute approximate surface area is 112 Å². The van der Waals surface area contributed by atoms with E-state index in [9.17, 15) is 4.79 Å². The third kappa shape index (κ3) is 3.14. The molecule has 0 aliphatic carbocycles. The molecule has 0 unspecified atom stereocenters. The first-order valence-corrected chi connectivity index (χ1v) is 5.75. The molecule has 0 fully saturated rings. The molecule has 0 aromatic heterocycles. The summed E-state index contributed by atoms with van der Waals surface area (Å²) in [6, 6.07) is 14.1. The molecule has 0 aliphatic rings. The number of benzene rings is 2. The average molecular weight is 251 g/mol. The van der Waals surface area contributed by atoms with Crippen molar-refractivity contribution in [3.63, 3.8) is 0 Å². The Bertz CT molecular complexity index is 624. The van der Waals surface area contributed by atoms with Crippen molar-refractivity contribution in [3.05, 3.63) is 59.7 Å². The molecule has 3 nitrogen and oxygen atoms in total. The molecule has 2 aromatic rings. The van der Waals surface area contributed by atoms with Crippen molar-refractivity contribution >= 4 is 11.6 Å². The second kappa shape index (κ2) is 5.74. The zero-order valence-electron chi connectivity index (χ0n) is 10.5. The molecule has 0 saturated carbocycles. The zero-order valence-corrected chi connectivity index (χ0v) is 10.5. The molecule has 0 radical (unpaired) electrons. The minimum Gasteiger partial charge on any atom is -0.497 e. The number of nitrogens with one attached hydrogen (secondary N) is 1. The predicted octanol–water partition coefficient (Wildman–Crippen LogP) is 2.93. The first-order valence-electron chi connectivity index (χ1n) is 5.75. The summed E-state index contributed by atoms with van der Waals surface area (Å²) >= 11 is 0. The largest absolute Gasteiger partial charge is 0.497 e. The maximum atomic E-state index is 12.0. The lowest BCUT2D eigenvalue weighted by molar-refractivity contribution is 0.102. The lowest BCUT2D eigenvalue weighted by atomic mass is 10.1. The van der Waals surface area contributed by atoms with Gasteiger partial charge in [-0.2, -0.15) is 0 Å². The monoisotopic (exact) mass is 251 g/mol. The zero-order chi connectivity index (χ0) is 13.7. The van der Waals surface area contributed by atoms with Gasteiger partial charge >= 0.3 is 0 Å². The van der Waals surface area contributed by atoms with Crippen molar-refractivity contribution in [1.82, 2.24) is 0 Å². The molecule has 0 bridgehead atoms. The molecule has 0 atom stereocenters. The highest BCUT2D eigenvalue weighted by Crippen LogP contribution is 2.14. The van der Waals surface area contributed by atoms with Gasteiger partial charge in [0.25, 0.3) is 5.91 Å². The average Bonchev–Trinajstić information content (AvgIpc) is 2.47. The summed E-state index contributed by atoms with van der Waals surface area (Å²) in [5, 5.41) is 2.80. The number of hydrogen-bond acceptors (Lipinski definition) is 2. The molecule has 94 valence electrons. The fraction of sp³-hybridized carbons (Fsp3) is 0.0625. The number of terminal acetylenes is 1. The van der Waals surface area contributed by atoms with E-state index < -0.39 is 0 Å². The van der Waals surface area contributed by atoms with Gasteiger partial charge in [0.15, 0.2) is 0 Å². The van der Waals surface area contributed by atoms with Gasteiger partial charge in [-0.25, -0.2) is 0 Å². The van der Waals surface area contributed by atoms with Crippen LogP contribution in [-0.2, 0) is 0 Å². The fourth-order valence-electron chi connectivity index (χ4n) is 1.63. The molecule has 3 heteroatoms. The molecule has 0 heterocycles. The Balaban J connectivity index is 2.13. The van der Waals surface area contributed by atoms with Gasteiger partial charge in [0, 0.05) is 16.8 Å². The molecule has 0 aliphatic heterocycles. The quantitative estimate of drug-likeness (QED) is 0.852. The van der Waals surface area contributed by atoms with Crippen LogP contribution in [0.2, 0.25) is 0 Å². The van der Waals surface area contributed by atoms with E-state index in [0.29, 0.717) is 17.0 Å². The topological polar surface area (TPSA) is 38.3 Å². The summed E-state index contributed by atoms with van der Waals surface area (Å²) < 4.78 is 5.04. The van der Waals surface area contributed by atoms with Gasteiger partial charge in [0.2, 0.25) is 0 Å². The number of carbonyl (C=O) groups is 1. The van der Waals surface area contributed by atoms with Crippen LogP contribution in [0.15, 0.2) is 48.5 Å². The summed E-state index contributed by atoms with van der Waals surface area (Å²) in [7, 11) is 1.58. The highest BCUT2D eigenvalue weighted by atomic mass is 16.5. The lowest BCUT2D eigenvalue weighted by Crippen LogP contribution is -2.11. The number of rotatable bonds is 3. The Morgan fingerprint density at radius 1 is 1.21 bits per heavy atom. The molecule has 2 aromatic carbocycles. The van der Waals surface area contributed by atoms with E-state index in [-0.39, 0.29) is 5.91 Å². The van der Waals surface area contributed by atoms with Crippen LogP contribution >= 0.6 is 0 Å². The summed E-state index contributed by atoms with van der Waals surface area (Å²) in [6.07, 6.45) is 5.32. The highest BCUT2D eigenvalue weighted by molar-refractivity contribution is 6.04. The number of carbonyl (C=O) groups excluding carboxylic acids is 1. The molecule has 19 heavy (non-hydrogen) atoms.